The first-order valence-corrected chi connectivity index (χ1v) is 14.1. The summed E-state index contributed by atoms with van der Waals surface area (Å²) in [5.74, 6) is 1.47. The number of hydrogen-bond acceptors (Lipinski definition) is 4. The highest BCUT2D eigenvalue weighted by Gasteiger charge is 2.80. The molecular formula is C30H48O5. The molecule has 5 fully saturated rings. The van der Waals surface area contributed by atoms with E-state index in [4.69, 9.17) is 4.74 Å². The van der Waals surface area contributed by atoms with E-state index in [2.05, 4.69) is 27.4 Å². The Morgan fingerprint density at radius 1 is 1.14 bits per heavy atom. The van der Waals surface area contributed by atoms with Crippen LogP contribution in [0.5, 0.6) is 0 Å². The third-order valence-corrected chi connectivity index (χ3v) is 12.6. The number of aliphatic hydroxyl groups is 2. The number of hydrogen-bond donors (Lipinski definition) is 3. The zero-order chi connectivity index (χ0) is 25.6. The molecule has 1 unspecified atom stereocenters. The van der Waals surface area contributed by atoms with Crippen LogP contribution in [0.25, 0.3) is 0 Å². The smallest absolute Gasteiger partial charge is 0.303 e. The highest BCUT2D eigenvalue weighted by Crippen LogP contribution is 2.87. The number of carbonyl (C=O) groups is 1. The number of carboxylic acid groups (broad SMARTS) is 1. The van der Waals surface area contributed by atoms with Gasteiger partial charge in [-0.05, 0) is 124 Å². The third kappa shape index (κ3) is 3.46. The number of ether oxygens (including phenoxy) is 1. The number of rotatable bonds is 7. The van der Waals surface area contributed by atoms with Crippen LogP contribution in [0.2, 0.25) is 0 Å². The summed E-state index contributed by atoms with van der Waals surface area (Å²) in [5, 5.41) is 30.5. The van der Waals surface area contributed by atoms with Crippen molar-refractivity contribution in [3.8, 4) is 0 Å². The quantitative estimate of drug-likeness (QED) is 0.407. The molecule has 0 amide bonds. The lowest BCUT2D eigenvalue weighted by molar-refractivity contribution is -0.139. The van der Waals surface area contributed by atoms with E-state index in [9.17, 15) is 20.1 Å². The van der Waals surface area contributed by atoms with Crippen LogP contribution in [0.1, 0.15) is 98.8 Å². The van der Waals surface area contributed by atoms with E-state index >= 15 is 0 Å². The molecule has 10 atom stereocenters. The second-order valence-corrected chi connectivity index (χ2v) is 14.4. The van der Waals surface area contributed by atoms with Crippen molar-refractivity contribution < 1.29 is 24.9 Å². The predicted molar refractivity (Wildman–Crippen MR) is 136 cm³/mol. The van der Waals surface area contributed by atoms with Crippen LogP contribution in [0.4, 0.5) is 0 Å². The second-order valence-electron chi connectivity index (χ2n) is 14.4. The van der Waals surface area contributed by atoms with Crippen molar-refractivity contribution in [3.63, 3.8) is 0 Å². The summed E-state index contributed by atoms with van der Waals surface area (Å²) in [7, 11) is 0. The van der Waals surface area contributed by atoms with Crippen molar-refractivity contribution in [2.75, 3.05) is 6.61 Å². The Labute approximate surface area is 211 Å². The Balaban J connectivity index is 1.39. The zero-order valence-electron chi connectivity index (χ0n) is 22.6. The minimum atomic E-state index is -1.15. The molecule has 35 heavy (non-hydrogen) atoms. The number of allylic oxidation sites excluding steroid dienone is 1. The maximum absolute atomic E-state index is 11.6. The Morgan fingerprint density at radius 3 is 2.49 bits per heavy atom. The lowest BCUT2D eigenvalue weighted by atomic mass is 9.43. The van der Waals surface area contributed by atoms with Gasteiger partial charge in [0.1, 0.15) is 6.10 Å². The Hall–Kier alpha value is -0.910. The molecular weight excluding hydrogens is 440 g/mol. The van der Waals surface area contributed by atoms with Gasteiger partial charge < -0.3 is 20.1 Å². The summed E-state index contributed by atoms with van der Waals surface area (Å²) in [6, 6.07) is 0. The molecule has 0 radical (unpaired) electrons. The zero-order valence-corrected chi connectivity index (χ0v) is 22.6. The van der Waals surface area contributed by atoms with Gasteiger partial charge in [-0.2, -0.15) is 0 Å². The highest BCUT2D eigenvalue weighted by molar-refractivity contribution is 5.67. The fourth-order valence-electron chi connectivity index (χ4n) is 10.7. The number of carboxylic acids is 1. The summed E-state index contributed by atoms with van der Waals surface area (Å²) in [5.41, 5.74) is 1.03. The standard InChI is InChI=1S/C30H48O5/c1-18(2)20-7-8-23-28(6)11-9-21(19-15-22(35-16-19)25(33)26(3,4)34)27(28,5)13-14-30(23)17-29(20,30)12-10-24(31)32/h19-23,25,33-34H,1,7-17H2,2-6H3,(H,31,32)/t19-,20-,21+,22?,23-,25-,27+,28-,29+,30-/m0/s1. The van der Waals surface area contributed by atoms with Gasteiger partial charge in [-0.1, -0.05) is 26.0 Å². The molecule has 1 saturated heterocycles. The van der Waals surface area contributed by atoms with E-state index in [0.29, 0.717) is 35.7 Å². The number of fused-ring (bicyclic) bond motifs is 2. The van der Waals surface area contributed by atoms with E-state index in [-0.39, 0.29) is 28.8 Å². The molecule has 0 aromatic heterocycles. The van der Waals surface area contributed by atoms with Crippen LogP contribution in [-0.2, 0) is 9.53 Å². The summed E-state index contributed by atoms with van der Waals surface area (Å²) < 4.78 is 6.09. The van der Waals surface area contributed by atoms with E-state index in [0.717, 1.165) is 19.3 Å². The molecule has 3 N–H and O–H groups in total. The van der Waals surface area contributed by atoms with Gasteiger partial charge in [0.2, 0.25) is 0 Å². The van der Waals surface area contributed by atoms with Gasteiger partial charge in [0.05, 0.1) is 18.3 Å². The van der Waals surface area contributed by atoms with Crippen LogP contribution in [0, 0.1) is 45.3 Å². The molecule has 0 aromatic rings. The molecule has 1 spiro atoms. The van der Waals surface area contributed by atoms with Crippen molar-refractivity contribution in [2.24, 2.45) is 45.3 Å². The monoisotopic (exact) mass is 488 g/mol. The Bertz CT molecular complexity index is 892. The molecule has 1 aliphatic heterocycles. The van der Waals surface area contributed by atoms with Crippen LogP contribution >= 0.6 is 0 Å². The summed E-state index contributed by atoms with van der Waals surface area (Å²) in [4.78, 5) is 11.6. The topological polar surface area (TPSA) is 87.0 Å². The lowest BCUT2D eigenvalue weighted by Crippen LogP contribution is -2.54. The van der Waals surface area contributed by atoms with Crippen molar-refractivity contribution in [3.05, 3.63) is 12.2 Å². The van der Waals surface area contributed by atoms with Crippen molar-refractivity contribution in [1.29, 1.82) is 0 Å². The SMILES string of the molecule is C=C(C)[C@@H]1CC[C@@H]2[C@]3(CC[C@]4(C)[C@@H]([C@@H]5COC([C@H](O)C(C)(C)O)C5)CC[C@@]24C)C[C@]13CCC(=O)O. The van der Waals surface area contributed by atoms with E-state index in [1.165, 1.54) is 44.1 Å². The van der Waals surface area contributed by atoms with Gasteiger partial charge in [0.25, 0.3) is 0 Å². The average molecular weight is 489 g/mol. The average Bonchev–Trinajstić information content (AvgIpc) is 3.03. The van der Waals surface area contributed by atoms with Gasteiger partial charge >= 0.3 is 5.97 Å². The Morgan fingerprint density at radius 2 is 1.86 bits per heavy atom. The molecule has 4 saturated carbocycles. The number of aliphatic hydroxyl groups excluding tert-OH is 1. The molecule has 0 aromatic carbocycles. The van der Waals surface area contributed by atoms with Crippen LogP contribution < -0.4 is 0 Å². The van der Waals surface area contributed by atoms with Gasteiger partial charge in [-0.3, -0.25) is 4.79 Å². The normalized spacial score (nSPS) is 49.6. The lowest BCUT2D eigenvalue weighted by Gasteiger charge is -2.61. The largest absolute Gasteiger partial charge is 0.481 e. The van der Waals surface area contributed by atoms with Gasteiger partial charge in [-0.25, -0.2) is 0 Å². The minimum Gasteiger partial charge on any atom is -0.481 e. The second kappa shape index (κ2) is 8.04. The fourth-order valence-corrected chi connectivity index (χ4v) is 10.7. The van der Waals surface area contributed by atoms with Crippen LogP contribution in [-0.4, -0.2) is 45.7 Å². The van der Waals surface area contributed by atoms with Crippen molar-refractivity contribution in [1.82, 2.24) is 0 Å². The molecule has 1 heterocycles. The summed E-state index contributed by atoms with van der Waals surface area (Å²) in [6.45, 7) is 15.7. The number of aliphatic carboxylic acids is 1. The van der Waals surface area contributed by atoms with E-state index in [1.54, 1.807) is 13.8 Å². The molecule has 4 aliphatic carbocycles. The molecule has 5 nitrogen and oxygen atoms in total. The summed E-state index contributed by atoms with van der Waals surface area (Å²) in [6.07, 6.45) is 9.23. The maximum Gasteiger partial charge on any atom is 0.303 e. The van der Waals surface area contributed by atoms with E-state index in [1.807, 2.05) is 0 Å². The van der Waals surface area contributed by atoms with Crippen molar-refractivity contribution >= 4 is 5.97 Å². The molecule has 5 aliphatic rings. The van der Waals surface area contributed by atoms with Gasteiger partial charge in [-0.15, -0.1) is 0 Å². The van der Waals surface area contributed by atoms with Crippen molar-refractivity contribution in [2.45, 2.75) is 117 Å². The highest BCUT2D eigenvalue weighted by atomic mass is 16.5. The molecule has 0 bridgehead atoms. The first-order valence-electron chi connectivity index (χ1n) is 14.1. The maximum atomic E-state index is 11.6. The minimum absolute atomic E-state index is 0.140. The van der Waals surface area contributed by atoms with Gasteiger partial charge in [0, 0.05) is 6.42 Å². The van der Waals surface area contributed by atoms with Crippen LogP contribution in [0.3, 0.4) is 0 Å². The summed E-state index contributed by atoms with van der Waals surface area (Å²) >= 11 is 0. The molecule has 198 valence electrons. The van der Waals surface area contributed by atoms with Crippen LogP contribution in [0.15, 0.2) is 12.2 Å². The Kier molecular flexibility index (Phi) is 5.91. The first kappa shape index (κ1) is 25.7. The molecule has 5 rings (SSSR count). The van der Waals surface area contributed by atoms with E-state index < -0.39 is 17.7 Å². The first-order chi connectivity index (χ1) is 16.2. The predicted octanol–water partition coefficient (Wildman–Crippen LogP) is 5.58. The molecule has 5 heteroatoms. The fraction of sp³-hybridized carbons (Fsp3) is 0.900. The third-order valence-electron chi connectivity index (χ3n) is 12.6. The van der Waals surface area contributed by atoms with Gasteiger partial charge in [0.15, 0.2) is 0 Å².